The number of nitrogens with one attached hydrogen (secondary N) is 6. The van der Waals surface area contributed by atoms with Crippen LogP contribution >= 0.6 is 0 Å². The van der Waals surface area contributed by atoms with Crippen molar-refractivity contribution in [3.05, 3.63) is 388 Å². The summed E-state index contributed by atoms with van der Waals surface area (Å²) in [5.74, 6) is 9.23. The van der Waals surface area contributed by atoms with Gasteiger partial charge in [-0.05, 0) is 146 Å². The third-order valence-electron chi connectivity index (χ3n) is 25.6. The van der Waals surface area contributed by atoms with E-state index in [0.29, 0.717) is 182 Å². The van der Waals surface area contributed by atoms with Crippen LogP contribution in [0, 0.1) is 0 Å². The summed E-state index contributed by atoms with van der Waals surface area (Å²) < 4.78 is 52.5. The lowest BCUT2D eigenvalue weighted by molar-refractivity contribution is 0.379. The number of nitrogens with zero attached hydrogens (tertiary/aromatic N) is 10. The number of methoxy groups -OCH3 is 4. The Hall–Kier alpha value is -19.9. The van der Waals surface area contributed by atoms with Crippen LogP contribution in [0.25, 0.3) is 225 Å². The van der Waals surface area contributed by atoms with Gasteiger partial charge in [0.15, 0.2) is 69.3 Å². The van der Waals surface area contributed by atoms with E-state index in [2.05, 4.69) is 127 Å². The number of aromatic nitrogens is 16. The van der Waals surface area contributed by atoms with Gasteiger partial charge in [0.1, 0.15) is 68.9 Å². The molecule has 16 aromatic carbocycles. The molecular weight excluding hydrogens is 1790 g/mol. The number of fused-ring (bicyclic) bond motifs is 20. The van der Waals surface area contributed by atoms with Crippen LogP contribution in [0.5, 0.6) is 69.0 Å². The van der Waals surface area contributed by atoms with E-state index < -0.39 is 0 Å². The summed E-state index contributed by atoms with van der Waals surface area (Å²) in [6.45, 7) is 0. The molecule has 0 unspecified atom stereocenters. The lowest BCUT2D eigenvalue weighted by Crippen LogP contribution is -1.93. The highest BCUT2D eigenvalue weighted by Gasteiger charge is 2.30. The minimum absolute atomic E-state index is 0.295. The van der Waals surface area contributed by atoms with Gasteiger partial charge in [0.25, 0.3) is 0 Å². The van der Waals surface area contributed by atoms with E-state index >= 15 is 0 Å². The monoisotopic (exact) mass is 1870 g/mol. The first-order valence-electron chi connectivity index (χ1n) is 46.7. The largest absolute Gasteiger partial charge is 0.493 e. The van der Waals surface area contributed by atoms with E-state index in [-0.39, 0.29) is 0 Å². The number of hydrogen-bond donors (Lipinski definition) is 6. The summed E-state index contributed by atoms with van der Waals surface area (Å²) in [7, 11) is 6.48. The summed E-state index contributed by atoms with van der Waals surface area (Å²) in [5, 5.41) is 2.57. The maximum atomic E-state index is 6.95. The fourth-order valence-corrected chi connectivity index (χ4v) is 18.6. The highest BCUT2D eigenvalue weighted by atomic mass is 16.5. The maximum absolute atomic E-state index is 6.95. The van der Waals surface area contributed by atoms with Crippen molar-refractivity contribution in [2.45, 2.75) is 0 Å². The molecule has 9 heterocycles. The van der Waals surface area contributed by atoms with Gasteiger partial charge in [0, 0.05) is 111 Å². The molecule has 7 aromatic heterocycles. The number of aromatic amines is 6. The van der Waals surface area contributed by atoms with Crippen LogP contribution in [0.1, 0.15) is 0 Å². The van der Waals surface area contributed by atoms with Gasteiger partial charge in [-0.1, -0.05) is 243 Å². The van der Waals surface area contributed by atoms with Crippen molar-refractivity contribution in [2.75, 3.05) is 28.4 Å². The Morgan fingerprint density at radius 3 is 0.653 bits per heavy atom. The number of benzene rings is 16. The van der Waals surface area contributed by atoms with Gasteiger partial charge < -0.3 is 67.8 Å². The molecule has 2 aliphatic rings. The van der Waals surface area contributed by atoms with E-state index in [1.165, 1.54) is 0 Å². The number of rotatable bonds is 24. The van der Waals surface area contributed by atoms with Crippen molar-refractivity contribution in [3.63, 3.8) is 0 Å². The zero-order valence-corrected chi connectivity index (χ0v) is 77.7. The molecule has 0 spiro atoms. The van der Waals surface area contributed by atoms with E-state index in [0.717, 1.165) is 112 Å². The van der Waals surface area contributed by atoms with Gasteiger partial charge in [-0.3, -0.25) is 0 Å². The zero-order valence-electron chi connectivity index (χ0n) is 77.7. The Balaban J connectivity index is 0.638. The molecule has 2 aliphatic heterocycles. The number of hydrogen-bond acceptors (Lipinski definition) is 18. The number of ether oxygens (including phenoxy) is 8. The fourth-order valence-electron chi connectivity index (χ4n) is 18.6. The van der Waals surface area contributed by atoms with E-state index in [1.807, 2.05) is 291 Å². The topological polar surface area (TPSA) is 297 Å². The smallest absolute Gasteiger partial charge is 0.169 e. The van der Waals surface area contributed by atoms with Crippen LogP contribution < -0.4 is 37.9 Å². The molecule has 24 heteroatoms. The average molecular weight is 1880 g/mol. The SMILES string of the molecule is COc1cc(-c2nc(-c3ccccc3)c(-c3ccccc3)[nH]2)ccc1Oc1ccc2c(c1)-c1nc-2nc2[nH]c(nc3nc(nc4[nH]c(n1)c1ccc(Oc5ccc(-c6nc(-c7ccccc7)c(-c7ccccc7)[nH]6)cc5OC)cc41)-c1ccc(Oc4ccc(-c5nc(-c6ccccc6)c(-c6ccccc6)[nH]5)cc4OC)cc1-3)c1ccc(Oc3ccc(-c4nc(-c5ccccc5)c(-c5ccccc5)[nH]4)cc3OC)cc21. The lowest BCUT2D eigenvalue weighted by Gasteiger charge is -2.12. The molecule has 23 aromatic rings. The second kappa shape index (κ2) is 36.6. The highest BCUT2D eigenvalue weighted by Crippen LogP contribution is 2.49. The molecule has 0 aliphatic carbocycles. The molecule has 144 heavy (non-hydrogen) atoms. The molecule has 25 rings (SSSR count). The predicted molar refractivity (Wildman–Crippen MR) is 562 cm³/mol. The first-order chi connectivity index (χ1) is 71.1. The molecule has 24 nitrogen and oxygen atoms in total. The Bertz CT molecular complexity index is 8320. The molecule has 0 saturated heterocycles. The fraction of sp³-hybridized carbons (Fsp3) is 0.0333. The quantitative estimate of drug-likeness (QED) is 0.0328. The van der Waals surface area contributed by atoms with Crippen LogP contribution in [0.2, 0.25) is 0 Å². The van der Waals surface area contributed by atoms with E-state index in [4.69, 9.17) is 87.7 Å². The van der Waals surface area contributed by atoms with E-state index in [9.17, 15) is 0 Å². The van der Waals surface area contributed by atoms with Gasteiger partial charge in [0.05, 0.1) is 74.0 Å². The maximum Gasteiger partial charge on any atom is 0.169 e. The molecule has 0 fully saturated rings. The minimum atomic E-state index is 0.295. The third kappa shape index (κ3) is 16.2. The highest BCUT2D eigenvalue weighted by molar-refractivity contribution is 6.08. The van der Waals surface area contributed by atoms with Gasteiger partial charge in [0.2, 0.25) is 0 Å². The summed E-state index contributed by atoms with van der Waals surface area (Å²) >= 11 is 0. The number of imidazole rings is 4. The van der Waals surface area contributed by atoms with Crippen molar-refractivity contribution >= 4 is 44.1 Å². The van der Waals surface area contributed by atoms with Crippen molar-refractivity contribution in [3.8, 4) is 250 Å². The Morgan fingerprint density at radius 1 is 0.167 bits per heavy atom. The Kier molecular flexibility index (Phi) is 21.8. The summed E-state index contributed by atoms with van der Waals surface area (Å²) in [4.78, 5) is 75.8. The third-order valence-corrected chi connectivity index (χ3v) is 25.6. The summed E-state index contributed by atoms with van der Waals surface area (Å²) in [6, 6.07) is 127. The first-order valence-corrected chi connectivity index (χ1v) is 46.7. The minimum Gasteiger partial charge on any atom is -0.493 e. The molecule has 0 atom stereocenters. The summed E-state index contributed by atoms with van der Waals surface area (Å²) in [6.07, 6.45) is 0. The Labute approximate surface area is 823 Å². The van der Waals surface area contributed by atoms with Gasteiger partial charge in [-0.25, -0.2) is 49.8 Å². The average Bonchev–Trinajstić information content (AvgIpc) is 1.40. The van der Waals surface area contributed by atoms with E-state index in [1.54, 1.807) is 28.4 Å². The molecule has 8 bridgehead atoms. The van der Waals surface area contributed by atoms with Crippen molar-refractivity contribution in [1.29, 1.82) is 0 Å². The second-order valence-corrected chi connectivity index (χ2v) is 34.5. The van der Waals surface area contributed by atoms with Crippen molar-refractivity contribution in [1.82, 2.24) is 79.7 Å². The van der Waals surface area contributed by atoms with Crippen LogP contribution in [0.15, 0.2) is 388 Å². The van der Waals surface area contributed by atoms with Crippen LogP contribution in [-0.4, -0.2) is 108 Å². The summed E-state index contributed by atoms with van der Waals surface area (Å²) in [5.41, 5.74) is 21.8. The first kappa shape index (κ1) is 85.8. The lowest BCUT2D eigenvalue weighted by atomic mass is 10.1. The van der Waals surface area contributed by atoms with Gasteiger partial charge in [-0.15, -0.1) is 0 Å². The van der Waals surface area contributed by atoms with Crippen molar-refractivity contribution in [2.24, 2.45) is 0 Å². The molecule has 0 amide bonds. The normalized spacial score (nSPS) is 11.5. The standard InChI is InChI=1S/C120H82N16O8/c1-137-97-61-77(109-121-101(69-29-13-5-14-30-69)102(122-109)70-31-15-6-16-32-70)45-57-93(97)141-81-49-53-85-89(65-81)117-129-113(85)134-118-91-67-83(143-95-59-47-79(63-99(95)139-3)111-125-105(73-37-21-9-22-38-73)106(126-111)74-39-23-10-24-40-74)51-55-87(91)115(131-118)136-120-92-68-84(144-96-60-48-80(64-100(96)140-4)112-127-107(75-41-25-11-26-42-75)108(128-112)76-43-27-12-28-44-76)52-56-88(92)116(132-120)135-119-90-66-82(50-54-86(90)114(130-119)133-117)142-94-58-46-78(62-98(94)138-2)110-123-103(71-33-17-7-18-34-71)104(124-110)72-35-19-8-20-36-72/h5-68H,1-4H3,(H,121,122)(H,123,124)(H,125,126)(H,127,128)(H2,129,130,131,132,133,134,135,136). The Morgan fingerprint density at radius 2 is 0.396 bits per heavy atom. The van der Waals surface area contributed by atoms with Gasteiger partial charge in [-0.2, -0.15) is 0 Å². The van der Waals surface area contributed by atoms with Crippen LogP contribution in [0.4, 0.5) is 0 Å². The molecular formula is C120H82N16O8. The molecule has 0 saturated carbocycles. The molecule has 690 valence electrons. The second-order valence-electron chi connectivity index (χ2n) is 34.5. The van der Waals surface area contributed by atoms with Crippen LogP contribution in [-0.2, 0) is 0 Å². The predicted octanol–water partition coefficient (Wildman–Crippen LogP) is 29.0. The zero-order chi connectivity index (χ0) is 96.2. The van der Waals surface area contributed by atoms with Crippen LogP contribution in [0.3, 0.4) is 0 Å². The number of H-pyrrole nitrogens is 6. The van der Waals surface area contributed by atoms with Crippen molar-refractivity contribution < 1.29 is 37.9 Å². The molecule has 0 radical (unpaired) electrons. The molecule has 6 N–H and O–H groups in total. The van der Waals surface area contributed by atoms with Gasteiger partial charge >= 0.3 is 0 Å².